The zero-order valence-corrected chi connectivity index (χ0v) is 10.5. The fourth-order valence-corrected chi connectivity index (χ4v) is 1.96. The van der Waals surface area contributed by atoms with Crippen LogP contribution >= 0.6 is 0 Å². The summed E-state index contributed by atoms with van der Waals surface area (Å²) in [4.78, 5) is 0. The normalized spacial score (nSPS) is 28.4. The molecule has 2 aliphatic carbocycles. The Balaban J connectivity index is 0.000000160. The highest BCUT2D eigenvalue weighted by Crippen LogP contribution is 2.13. The van der Waals surface area contributed by atoms with Crippen molar-refractivity contribution >= 4 is 0 Å². The van der Waals surface area contributed by atoms with E-state index in [1.54, 1.807) is 14.2 Å². The molecule has 0 aromatic heterocycles. The molecule has 2 aliphatic rings. The van der Waals surface area contributed by atoms with Crippen LogP contribution in [0.2, 0.25) is 0 Å². The van der Waals surface area contributed by atoms with Crippen molar-refractivity contribution in [2.75, 3.05) is 14.2 Å². The summed E-state index contributed by atoms with van der Waals surface area (Å²) < 4.78 is 10.3. The van der Waals surface area contributed by atoms with Gasteiger partial charge in [-0.05, 0) is 38.5 Å². The highest BCUT2D eigenvalue weighted by Gasteiger charge is 2.06. The predicted octanol–water partition coefficient (Wildman–Crippen LogP) is 3.48. The van der Waals surface area contributed by atoms with Gasteiger partial charge in [0.15, 0.2) is 0 Å². The maximum absolute atomic E-state index is 5.14. The fourth-order valence-electron chi connectivity index (χ4n) is 1.96. The van der Waals surface area contributed by atoms with E-state index < -0.39 is 0 Å². The van der Waals surface area contributed by atoms with Crippen molar-refractivity contribution in [1.82, 2.24) is 0 Å². The third-order valence-corrected chi connectivity index (χ3v) is 3.11. The van der Waals surface area contributed by atoms with Crippen molar-refractivity contribution < 1.29 is 9.47 Å². The van der Waals surface area contributed by atoms with Crippen LogP contribution in [0.1, 0.15) is 38.5 Å². The van der Waals surface area contributed by atoms with E-state index in [9.17, 15) is 0 Å². The summed E-state index contributed by atoms with van der Waals surface area (Å²) in [6.07, 6.45) is 16.8. The average Bonchev–Trinajstić information content (AvgIpc) is 2.41. The number of methoxy groups -OCH3 is 2. The summed E-state index contributed by atoms with van der Waals surface area (Å²) in [5.41, 5.74) is 0. The molecule has 0 N–H and O–H groups in total. The number of allylic oxidation sites excluding steroid dienone is 2. The van der Waals surface area contributed by atoms with Crippen LogP contribution in [-0.2, 0) is 9.47 Å². The molecule has 0 fully saturated rings. The minimum absolute atomic E-state index is 0.500. The van der Waals surface area contributed by atoms with E-state index in [-0.39, 0.29) is 0 Å². The Morgan fingerprint density at radius 1 is 0.750 bits per heavy atom. The minimum atomic E-state index is 0.500. The van der Waals surface area contributed by atoms with Gasteiger partial charge in [0.2, 0.25) is 0 Å². The average molecular weight is 224 g/mol. The molecule has 2 unspecified atom stereocenters. The van der Waals surface area contributed by atoms with E-state index in [2.05, 4.69) is 24.3 Å². The van der Waals surface area contributed by atoms with Crippen molar-refractivity contribution in [3.63, 3.8) is 0 Å². The van der Waals surface area contributed by atoms with Gasteiger partial charge in [0.1, 0.15) is 0 Å². The third-order valence-electron chi connectivity index (χ3n) is 3.11. The van der Waals surface area contributed by atoms with Gasteiger partial charge in [0.25, 0.3) is 0 Å². The first-order chi connectivity index (χ1) is 7.86. The molecule has 2 heteroatoms. The highest BCUT2D eigenvalue weighted by molar-refractivity contribution is 4.90. The summed E-state index contributed by atoms with van der Waals surface area (Å²) in [5.74, 6) is 0. The summed E-state index contributed by atoms with van der Waals surface area (Å²) >= 11 is 0. The molecular weight excluding hydrogens is 200 g/mol. The van der Waals surface area contributed by atoms with Gasteiger partial charge < -0.3 is 9.47 Å². The van der Waals surface area contributed by atoms with Crippen LogP contribution in [0.5, 0.6) is 0 Å². The maximum Gasteiger partial charge on any atom is 0.0608 e. The summed E-state index contributed by atoms with van der Waals surface area (Å²) in [6.45, 7) is 0. The first-order valence-corrected chi connectivity index (χ1v) is 6.22. The smallest absolute Gasteiger partial charge is 0.0608 e. The molecular formula is C14H24O2. The lowest BCUT2D eigenvalue weighted by molar-refractivity contribution is 0.0953. The second kappa shape index (κ2) is 8.54. The molecule has 16 heavy (non-hydrogen) atoms. The second-order valence-electron chi connectivity index (χ2n) is 4.28. The van der Waals surface area contributed by atoms with Crippen LogP contribution in [0.15, 0.2) is 24.3 Å². The minimum Gasteiger partial charge on any atom is -0.381 e. The predicted molar refractivity (Wildman–Crippen MR) is 67.6 cm³/mol. The van der Waals surface area contributed by atoms with Crippen LogP contribution in [0.4, 0.5) is 0 Å². The van der Waals surface area contributed by atoms with Gasteiger partial charge in [-0.1, -0.05) is 24.3 Å². The molecule has 0 saturated heterocycles. The lowest BCUT2D eigenvalue weighted by atomic mass is 10.1. The van der Waals surface area contributed by atoms with Crippen LogP contribution < -0.4 is 0 Å². The van der Waals surface area contributed by atoms with Gasteiger partial charge in [-0.25, -0.2) is 0 Å². The molecule has 0 aliphatic heterocycles. The molecule has 0 saturated carbocycles. The first kappa shape index (κ1) is 13.5. The monoisotopic (exact) mass is 224 g/mol. The van der Waals surface area contributed by atoms with Crippen LogP contribution in [0.25, 0.3) is 0 Å². The summed E-state index contributed by atoms with van der Waals surface area (Å²) in [5, 5.41) is 0. The van der Waals surface area contributed by atoms with Crippen molar-refractivity contribution in [1.29, 1.82) is 0 Å². The number of hydrogen-bond donors (Lipinski definition) is 0. The van der Waals surface area contributed by atoms with Crippen LogP contribution in [0.3, 0.4) is 0 Å². The molecule has 0 amide bonds. The Morgan fingerprint density at radius 3 is 1.38 bits per heavy atom. The van der Waals surface area contributed by atoms with Gasteiger partial charge in [-0.3, -0.25) is 0 Å². The third kappa shape index (κ3) is 5.47. The lowest BCUT2D eigenvalue weighted by Gasteiger charge is -2.14. The molecule has 0 spiro atoms. The van der Waals surface area contributed by atoms with Crippen molar-refractivity contribution in [3.05, 3.63) is 24.3 Å². The molecule has 0 radical (unpaired) electrons. The Bertz CT molecular complexity index is 197. The topological polar surface area (TPSA) is 18.5 Å². The number of ether oxygens (including phenoxy) is 2. The Labute approximate surface area is 99.3 Å². The zero-order valence-electron chi connectivity index (χ0n) is 10.5. The summed E-state index contributed by atoms with van der Waals surface area (Å²) in [7, 11) is 3.56. The number of rotatable bonds is 2. The van der Waals surface area contributed by atoms with E-state index >= 15 is 0 Å². The molecule has 0 heterocycles. The van der Waals surface area contributed by atoms with Crippen molar-refractivity contribution in [3.8, 4) is 0 Å². The largest absolute Gasteiger partial charge is 0.381 e. The molecule has 0 aromatic carbocycles. The maximum atomic E-state index is 5.14. The molecule has 2 atom stereocenters. The first-order valence-electron chi connectivity index (χ1n) is 6.22. The van der Waals surface area contributed by atoms with Gasteiger partial charge >= 0.3 is 0 Å². The van der Waals surface area contributed by atoms with Crippen molar-refractivity contribution in [2.24, 2.45) is 0 Å². The highest BCUT2D eigenvalue weighted by atomic mass is 16.5. The zero-order chi connectivity index (χ0) is 11.6. The Hall–Kier alpha value is -0.600. The van der Waals surface area contributed by atoms with Gasteiger partial charge in [-0.2, -0.15) is 0 Å². The van der Waals surface area contributed by atoms with Gasteiger partial charge in [0, 0.05) is 14.2 Å². The molecule has 92 valence electrons. The van der Waals surface area contributed by atoms with Crippen LogP contribution in [0, 0.1) is 0 Å². The fraction of sp³-hybridized carbons (Fsp3) is 0.714. The lowest BCUT2D eigenvalue weighted by Crippen LogP contribution is -2.10. The van der Waals surface area contributed by atoms with Gasteiger partial charge in [0.05, 0.1) is 12.2 Å². The SMILES string of the molecule is COC1CC=CCC1.COC1CC=CCC1. The molecule has 0 bridgehead atoms. The molecule has 2 nitrogen and oxygen atoms in total. The summed E-state index contributed by atoms with van der Waals surface area (Å²) in [6, 6.07) is 0. The van der Waals surface area contributed by atoms with Crippen LogP contribution in [-0.4, -0.2) is 26.4 Å². The van der Waals surface area contributed by atoms with Gasteiger partial charge in [-0.15, -0.1) is 0 Å². The van der Waals surface area contributed by atoms with E-state index in [4.69, 9.17) is 9.47 Å². The molecule has 2 rings (SSSR count). The second-order valence-corrected chi connectivity index (χ2v) is 4.28. The standard InChI is InChI=1S/2C7H12O/c2*1-8-7-5-3-2-4-6-7/h2*2-3,7H,4-6H2,1H3. The number of hydrogen-bond acceptors (Lipinski definition) is 2. The Kier molecular flexibility index (Phi) is 7.19. The molecule has 0 aromatic rings. The van der Waals surface area contributed by atoms with E-state index in [0.29, 0.717) is 12.2 Å². The Morgan fingerprint density at radius 2 is 1.19 bits per heavy atom. The quantitative estimate of drug-likeness (QED) is 0.668. The van der Waals surface area contributed by atoms with E-state index in [0.717, 1.165) is 12.8 Å². The van der Waals surface area contributed by atoms with E-state index in [1.807, 2.05) is 0 Å². The van der Waals surface area contributed by atoms with Crippen molar-refractivity contribution in [2.45, 2.75) is 50.7 Å². The van der Waals surface area contributed by atoms with E-state index in [1.165, 1.54) is 25.7 Å².